The molecule has 4 nitrogen and oxygen atoms in total. The minimum Gasteiger partial charge on any atom is -0.274 e. The number of rotatable bonds is 2. The first-order valence-corrected chi connectivity index (χ1v) is 7.88. The highest BCUT2D eigenvalue weighted by atomic mass is 32.2. The Balaban J connectivity index is 2.37. The van der Waals surface area contributed by atoms with E-state index in [2.05, 4.69) is 0 Å². The van der Waals surface area contributed by atoms with Crippen LogP contribution in [0.5, 0.6) is 0 Å². The molecular formula is C14H18FNO3S. The Morgan fingerprint density at radius 2 is 1.85 bits per heavy atom. The number of nitrogens with zero attached hydrogens (tertiary/aromatic N) is 1. The Morgan fingerprint density at radius 3 is 2.35 bits per heavy atom. The van der Waals surface area contributed by atoms with Gasteiger partial charge in [-0.05, 0) is 23.5 Å². The first-order chi connectivity index (χ1) is 9.14. The molecule has 0 radical (unpaired) electrons. The van der Waals surface area contributed by atoms with Crippen LogP contribution in [0.1, 0.15) is 27.2 Å². The minimum atomic E-state index is -4.10. The number of halogens is 1. The van der Waals surface area contributed by atoms with Crippen LogP contribution in [0.15, 0.2) is 29.2 Å². The first-order valence-electron chi connectivity index (χ1n) is 6.44. The zero-order valence-corrected chi connectivity index (χ0v) is 12.6. The molecule has 0 N–H and O–H groups in total. The lowest BCUT2D eigenvalue weighted by Crippen LogP contribution is -2.34. The molecular weight excluding hydrogens is 281 g/mol. The second kappa shape index (κ2) is 4.84. The molecule has 0 saturated carbocycles. The summed E-state index contributed by atoms with van der Waals surface area (Å²) in [5.41, 5.74) is -0.171. The van der Waals surface area contributed by atoms with Gasteiger partial charge in [0.2, 0.25) is 5.91 Å². The van der Waals surface area contributed by atoms with Crippen LogP contribution in [-0.2, 0) is 14.8 Å². The van der Waals surface area contributed by atoms with Crippen molar-refractivity contribution in [3.05, 3.63) is 30.1 Å². The van der Waals surface area contributed by atoms with Crippen molar-refractivity contribution >= 4 is 15.9 Å². The lowest BCUT2D eigenvalue weighted by molar-refractivity contribution is -0.123. The van der Waals surface area contributed by atoms with Crippen LogP contribution < -0.4 is 0 Å². The molecule has 110 valence electrons. The van der Waals surface area contributed by atoms with Gasteiger partial charge < -0.3 is 0 Å². The summed E-state index contributed by atoms with van der Waals surface area (Å²) in [6.45, 7) is 6.00. The summed E-state index contributed by atoms with van der Waals surface area (Å²) in [5.74, 6) is -1.36. The summed E-state index contributed by atoms with van der Waals surface area (Å²) in [7, 11) is -4.10. The van der Waals surface area contributed by atoms with Crippen molar-refractivity contribution in [3.63, 3.8) is 0 Å². The van der Waals surface area contributed by atoms with E-state index in [4.69, 9.17) is 0 Å². The molecule has 1 aromatic carbocycles. The molecule has 1 atom stereocenters. The topological polar surface area (TPSA) is 54.5 Å². The predicted molar refractivity (Wildman–Crippen MR) is 72.9 cm³/mol. The average Bonchev–Trinajstić information content (AvgIpc) is 2.72. The molecule has 6 heteroatoms. The summed E-state index contributed by atoms with van der Waals surface area (Å²) in [6.07, 6.45) is 0.178. The molecule has 1 fully saturated rings. The van der Waals surface area contributed by atoms with Crippen LogP contribution in [-0.4, -0.2) is 25.2 Å². The number of hydrogen-bond donors (Lipinski definition) is 0. The summed E-state index contributed by atoms with van der Waals surface area (Å²) >= 11 is 0. The molecule has 20 heavy (non-hydrogen) atoms. The Bertz CT molecular complexity index is 634. The molecule has 1 aliphatic heterocycles. The van der Waals surface area contributed by atoms with Gasteiger partial charge in [-0.1, -0.05) is 32.9 Å². The van der Waals surface area contributed by atoms with Crippen molar-refractivity contribution in [1.82, 2.24) is 4.31 Å². The maximum Gasteiger partial charge on any atom is 0.269 e. The molecule has 2 rings (SSSR count). The van der Waals surface area contributed by atoms with Gasteiger partial charge in [-0.3, -0.25) is 4.79 Å². The quantitative estimate of drug-likeness (QED) is 0.842. The first kappa shape index (κ1) is 15.0. The fraction of sp³-hybridized carbons (Fsp3) is 0.500. The van der Waals surface area contributed by atoms with Crippen molar-refractivity contribution in [2.45, 2.75) is 32.1 Å². The SMILES string of the molecule is CC(C)(C)C1CC(=O)N(S(=O)(=O)c2ccccc2F)C1. The van der Waals surface area contributed by atoms with Crippen molar-refractivity contribution < 1.29 is 17.6 Å². The maximum atomic E-state index is 13.7. The standard InChI is InChI=1S/C14H18FNO3S/c1-14(2,3)10-8-13(17)16(9-10)20(18,19)12-7-5-4-6-11(12)15/h4-7,10H,8-9H2,1-3H3. The number of sulfonamides is 1. The molecule has 1 aromatic rings. The largest absolute Gasteiger partial charge is 0.274 e. The van der Waals surface area contributed by atoms with Crippen LogP contribution in [0, 0.1) is 17.2 Å². The van der Waals surface area contributed by atoms with Crippen LogP contribution in [0.2, 0.25) is 0 Å². The van der Waals surface area contributed by atoms with Gasteiger partial charge in [0.1, 0.15) is 10.7 Å². The second-order valence-corrected chi connectivity index (χ2v) is 7.96. The number of carbonyl (C=O) groups is 1. The van der Waals surface area contributed by atoms with E-state index in [0.29, 0.717) is 0 Å². The van der Waals surface area contributed by atoms with E-state index >= 15 is 0 Å². The highest BCUT2D eigenvalue weighted by Gasteiger charge is 2.43. The lowest BCUT2D eigenvalue weighted by atomic mass is 9.80. The number of carbonyl (C=O) groups excluding carboxylic acids is 1. The molecule has 1 heterocycles. The highest BCUT2D eigenvalue weighted by Crippen LogP contribution is 2.36. The zero-order valence-electron chi connectivity index (χ0n) is 11.8. The van der Waals surface area contributed by atoms with Crippen LogP contribution >= 0.6 is 0 Å². The van der Waals surface area contributed by atoms with Crippen molar-refractivity contribution in [3.8, 4) is 0 Å². The van der Waals surface area contributed by atoms with E-state index < -0.39 is 26.6 Å². The fourth-order valence-electron chi connectivity index (χ4n) is 2.26. The van der Waals surface area contributed by atoms with Gasteiger partial charge in [0.05, 0.1) is 0 Å². The fourth-order valence-corrected chi connectivity index (χ4v) is 3.79. The Morgan fingerprint density at radius 1 is 1.25 bits per heavy atom. The molecule has 1 saturated heterocycles. The van der Waals surface area contributed by atoms with Crippen LogP contribution in [0.25, 0.3) is 0 Å². The predicted octanol–water partition coefficient (Wildman–Crippen LogP) is 2.41. The minimum absolute atomic E-state index is 0.0588. The third-order valence-electron chi connectivity index (χ3n) is 3.71. The lowest BCUT2D eigenvalue weighted by Gasteiger charge is -2.26. The van der Waals surface area contributed by atoms with Crippen molar-refractivity contribution in [2.75, 3.05) is 6.54 Å². The molecule has 0 bridgehead atoms. The second-order valence-electron chi connectivity index (χ2n) is 6.13. The molecule has 1 aliphatic rings. The third kappa shape index (κ3) is 2.57. The Kier molecular flexibility index (Phi) is 3.62. The maximum absolute atomic E-state index is 13.7. The van der Waals surface area contributed by atoms with Crippen molar-refractivity contribution in [2.24, 2.45) is 11.3 Å². The summed E-state index contributed by atoms with van der Waals surface area (Å²) in [6, 6.07) is 5.12. The van der Waals surface area contributed by atoms with E-state index in [1.165, 1.54) is 18.2 Å². The van der Waals surface area contributed by atoms with Gasteiger partial charge in [-0.25, -0.2) is 17.1 Å². The van der Waals surface area contributed by atoms with Gasteiger partial charge in [-0.2, -0.15) is 0 Å². The van der Waals surface area contributed by atoms with Gasteiger partial charge in [0.15, 0.2) is 0 Å². The summed E-state index contributed by atoms with van der Waals surface area (Å²) in [5, 5.41) is 0. The van der Waals surface area contributed by atoms with E-state index in [9.17, 15) is 17.6 Å². The van der Waals surface area contributed by atoms with Gasteiger partial charge >= 0.3 is 0 Å². The third-order valence-corrected chi connectivity index (χ3v) is 5.53. The van der Waals surface area contributed by atoms with Gasteiger partial charge in [0, 0.05) is 13.0 Å². The average molecular weight is 299 g/mol. The number of benzene rings is 1. The van der Waals surface area contributed by atoms with Crippen LogP contribution in [0.3, 0.4) is 0 Å². The van der Waals surface area contributed by atoms with E-state index in [-0.39, 0.29) is 24.3 Å². The number of amides is 1. The normalized spacial score (nSPS) is 20.5. The van der Waals surface area contributed by atoms with E-state index in [0.717, 1.165) is 10.4 Å². The van der Waals surface area contributed by atoms with Gasteiger partial charge in [0.25, 0.3) is 10.0 Å². The monoisotopic (exact) mass is 299 g/mol. The molecule has 1 unspecified atom stereocenters. The number of hydrogen-bond acceptors (Lipinski definition) is 3. The molecule has 0 spiro atoms. The Labute approximate surface area is 118 Å². The Hall–Kier alpha value is -1.43. The zero-order chi connectivity index (χ0) is 15.1. The highest BCUT2D eigenvalue weighted by molar-refractivity contribution is 7.89. The van der Waals surface area contributed by atoms with E-state index in [1.54, 1.807) is 0 Å². The van der Waals surface area contributed by atoms with Crippen LogP contribution in [0.4, 0.5) is 4.39 Å². The summed E-state index contributed by atoms with van der Waals surface area (Å²) in [4.78, 5) is 11.5. The van der Waals surface area contributed by atoms with Gasteiger partial charge in [-0.15, -0.1) is 0 Å². The van der Waals surface area contributed by atoms with E-state index in [1.807, 2.05) is 20.8 Å². The molecule has 0 aliphatic carbocycles. The smallest absolute Gasteiger partial charge is 0.269 e. The molecule has 0 aromatic heterocycles. The van der Waals surface area contributed by atoms with Crippen molar-refractivity contribution in [1.29, 1.82) is 0 Å². The summed E-state index contributed by atoms with van der Waals surface area (Å²) < 4.78 is 39.3. The molecule has 1 amide bonds.